The summed E-state index contributed by atoms with van der Waals surface area (Å²) in [5.74, 6) is 5.87. The molecule has 3 heteroatoms. The molecule has 2 N–H and O–H groups in total. The van der Waals surface area contributed by atoms with E-state index in [1.165, 1.54) is 11.1 Å². The van der Waals surface area contributed by atoms with Crippen LogP contribution < -0.4 is 5.84 Å². The van der Waals surface area contributed by atoms with Crippen molar-refractivity contribution in [3.63, 3.8) is 0 Å². The fourth-order valence-electron chi connectivity index (χ4n) is 1.65. The fraction of sp³-hybridized carbons (Fsp3) is 0.462. The maximum Gasteiger partial charge on any atom is 0.508 e. The summed E-state index contributed by atoms with van der Waals surface area (Å²) in [5, 5.41) is 0. The lowest BCUT2D eigenvalue weighted by Crippen LogP contribution is -2.22. The Morgan fingerprint density at radius 1 is 1.38 bits per heavy atom. The minimum absolute atomic E-state index is 0.690. The van der Waals surface area contributed by atoms with Crippen LogP contribution in [0.5, 0.6) is 0 Å². The normalized spacial score (nSPS) is 9.69. The monoisotopic (exact) mass is 219 g/mol. The molecule has 0 bridgehead atoms. The lowest BCUT2D eigenvalue weighted by molar-refractivity contribution is -0.594. The van der Waals surface area contributed by atoms with Gasteiger partial charge in [0.2, 0.25) is 6.54 Å². The first-order valence-electron chi connectivity index (χ1n) is 5.67. The summed E-state index contributed by atoms with van der Waals surface area (Å²) in [7, 11) is 1.99. The van der Waals surface area contributed by atoms with E-state index in [0.29, 0.717) is 6.54 Å². The molecular formula is C13H21N3+2. The van der Waals surface area contributed by atoms with Gasteiger partial charge in [-0.3, -0.25) is 0 Å². The van der Waals surface area contributed by atoms with Gasteiger partial charge in [-0.2, -0.15) is 5.84 Å². The molecule has 1 aromatic rings. The van der Waals surface area contributed by atoms with Crippen molar-refractivity contribution in [2.75, 3.05) is 13.6 Å². The Morgan fingerprint density at radius 3 is 2.75 bits per heavy atom. The second-order valence-corrected chi connectivity index (χ2v) is 4.14. The van der Waals surface area contributed by atoms with Crippen LogP contribution in [0.3, 0.4) is 0 Å². The van der Waals surface area contributed by atoms with Gasteiger partial charge in [0.15, 0.2) is 6.54 Å². The zero-order valence-electron chi connectivity index (χ0n) is 10.4. The first-order valence-corrected chi connectivity index (χ1v) is 5.67. The van der Waals surface area contributed by atoms with Crippen LogP contribution >= 0.6 is 0 Å². The highest BCUT2D eigenvalue weighted by Gasteiger charge is 2.04. The van der Waals surface area contributed by atoms with Crippen LogP contribution in [0.4, 0.5) is 0 Å². The SMILES string of the molecule is CCC[N+](C)=C=[N+](N)Cc1cccc(C)c1. The Balaban J connectivity index is 2.78. The molecule has 0 unspecified atom stereocenters. The molecule has 1 aromatic carbocycles. The molecule has 3 nitrogen and oxygen atoms in total. The van der Waals surface area contributed by atoms with E-state index >= 15 is 0 Å². The van der Waals surface area contributed by atoms with Crippen LogP contribution in [0.25, 0.3) is 0 Å². The maximum absolute atomic E-state index is 5.87. The average Bonchev–Trinajstić information content (AvgIpc) is 2.17. The lowest BCUT2D eigenvalue weighted by atomic mass is 10.1. The summed E-state index contributed by atoms with van der Waals surface area (Å²) >= 11 is 0. The molecule has 0 aliphatic rings. The van der Waals surface area contributed by atoms with Gasteiger partial charge in [0.05, 0.1) is 0 Å². The second-order valence-electron chi connectivity index (χ2n) is 4.14. The number of nitrogens with zero attached hydrogens (tertiary/aromatic N) is 2. The zero-order chi connectivity index (χ0) is 12.0. The number of hydrazine groups is 1. The number of nitrogens with two attached hydrogens (primary N) is 1. The highest BCUT2D eigenvalue weighted by Crippen LogP contribution is 2.03. The largest absolute Gasteiger partial charge is 0.508 e. The van der Waals surface area contributed by atoms with Gasteiger partial charge in [-0.1, -0.05) is 30.7 Å². The fourth-order valence-corrected chi connectivity index (χ4v) is 1.65. The molecule has 16 heavy (non-hydrogen) atoms. The minimum atomic E-state index is 0.690. The van der Waals surface area contributed by atoms with Crippen LogP contribution in [0.15, 0.2) is 24.3 Å². The summed E-state index contributed by atoms with van der Waals surface area (Å²) in [4.78, 5) is 0. The molecule has 0 amide bonds. The molecule has 0 atom stereocenters. The Morgan fingerprint density at radius 2 is 2.12 bits per heavy atom. The third-order valence-electron chi connectivity index (χ3n) is 2.29. The van der Waals surface area contributed by atoms with E-state index in [1.807, 2.05) is 17.7 Å². The Kier molecular flexibility index (Phi) is 4.74. The van der Waals surface area contributed by atoms with Crippen molar-refractivity contribution in [2.24, 2.45) is 5.84 Å². The summed E-state index contributed by atoms with van der Waals surface area (Å²) in [6.45, 7) is 5.89. The molecule has 0 aliphatic carbocycles. The molecule has 0 spiro atoms. The number of hydrogen-bond acceptors (Lipinski definition) is 1. The number of hydrazone groups is 1. The van der Waals surface area contributed by atoms with E-state index in [1.54, 1.807) is 4.68 Å². The number of benzene rings is 1. The quantitative estimate of drug-likeness (QED) is 0.355. The van der Waals surface area contributed by atoms with Gasteiger partial charge in [0.25, 0.3) is 0 Å². The van der Waals surface area contributed by atoms with E-state index in [2.05, 4.69) is 38.1 Å². The molecule has 0 heterocycles. The molecular weight excluding hydrogens is 198 g/mol. The highest BCUT2D eigenvalue weighted by molar-refractivity contribution is 5.27. The molecule has 1 rings (SSSR count). The first kappa shape index (κ1) is 12.5. The van der Waals surface area contributed by atoms with Crippen molar-refractivity contribution in [3.05, 3.63) is 35.4 Å². The summed E-state index contributed by atoms with van der Waals surface area (Å²) in [5.41, 5.74) is 2.47. The Bertz CT molecular complexity index is 415. The van der Waals surface area contributed by atoms with Gasteiger partial charge in [-0.05, 0) is 17.7 Å². The molecule has 86 valence electrons. The van der Waals surface area contributed by atoms with Crippen molar-refractivity contribution in [3.8, 4) is 0 Å². The van der Waals surface area contributed by atoms with E-state index in [4.69, 9.17) is 5.84 Å². The predicted octanol–water partition coefficient (Wildman–Crippen LogP) is 1.61. The van der Waals surface area contributed by atoms with Gasteiger partial charge in [0, 0.05) is 12.0 Å². The number of aryl methyl sites for hydroxylation is 1. The van der Waals surface area contributed by atoms with Gasteiger partial charge in [-0.15, -0.1) is 4.58 Å². The molecule has 0 saturated carbocycles. The van der Waals surface area contributed by atoms with Crippen LogP contribution in [-0.2, 0) is 6.54 Å². The van der Waals surface area contributed by atoms with Crippen molar-refractivity contribution >= 4 is 6.01 Å². The highest BCUT2D eigenvalue weighted by atomic mass is 15.3. The maximum atomic E-state index is 5.87. The number of hydrogen-bond donors (Lipinski definition) is 1. The smallest absolute Gasteiger partial charge is 0.197 e. The molecule has 0 aromatic heterocycles. The van der Waals surface area contributed by atoms with E-state index in [0.717, 1.165) is 13.0 Å². The van der Waals surface area contributed by atoms with Crippen molar-refractivity contribution < 1.29 is 9.26 Å². The first-order chi connectivity index (χ1) is 7.61. The molecule has 0 aliphatic heterocycles. The Labute approximate surface area is 97.5 Å². The summed E-state index contributed by atoms with van der Waals surface area (Å²) < 4.78 is 3.58. The average molecular weight is 219 g/mol. The molecule has 0 radical (unpaired) electrons. The topological polar surface area (TPSA) is 32.0 Å². The van der Waals surface area contributed by atoms with E-state index in [9.17, 15) is 0 Å². The third kappa shape index (κ3) is 4.28. The summed E-state index contributed by atoms with van der Waals surface area (Å²) in [6.07, 6.45) is 1.10. The van der Waals surface area contributed by atoms with Gasteiger partial charge < -0.3 is 0 Å². The van der Waals surface area contributed by atoms with Crippen molar-refractivity contribution in [1.29, 1.82) is 0 Å². The number of rotatable bonds is 4. The lowest BCUT2D eigenvalue weighted by Gasteiger charge is -1.95. The Hall–Kier alpha value is -1.60. The van der Waals surface area contributed by atoms with Crippen LogP contribution in [0, 0.1) is 6.92 Å². The zero-order valence-corrected chi connectivity index (χ0v) is 10.4. The molecule has 0 saturated heterocycles. The van der Waals surface area contributed by atoms with Gasteiger partial charge >= 0.3 is 6.01 Å². The van der Waals surface area contributed by atoms with Gasteiger partial charge in [-0.25, -0.2) is 0 Å². The molecule has 0 fully saturated rings. The van der Waals surface area contributed by atoms with Crippen molar-refractivity contribution in [1.82, 2.24) is 0 Å². The van der Waals surface area contributed by atoms with E-state index < -0.39 is 0 Å². The van der Waals surface area contributed by atoms with Gasteiger partial charge in [0.1, 0.15) is 7.05 Å². The second kappa shape index (κ2) is 6.09. The van der Waals surface area contributed by atoms with Crippen LogP contribution in [0.1, 0.15) is 24.5 Å². The van der Waals surface area contributed by atoms with E-state index in [-0.39, 0.29) is 0 Å². The van der Waals surface area contributed by atoms with Crippen LogP contribution in [-0.4, -0.2) is 28.9 Å². The predicted molar refractivity (Wildman–Crippen MR) is 65.7 cm³/mol. The standard InChI is InChI=1S/C13H21N3/c1-4-8-15(3)11-16(14)10-13-7-5-6-12(2)9-13/h5-7,9H,4,8,10,14H2,1-3H3/q+2. The minimum Gasteiger partial charge on any atom is -0.197 e. The summed E-state index contributed by atoms with van der Waals surface area (Å²) in [6, 6.07) is 11.4. The third-order valence-corrected chi connectivity index (χ3v) is 2.29. The van der Waals surface area contributed by atoms with Crippen LogP contribution in [0.2, 0.25) is 0 Å². The van der Waals surface area contributed by atoms with Crippen molar-refractivity contribution in [2.45, 2.75) is 26.8 Å².